The summed E-state index contributed by atoms with van der Waals surface area (Å²) in [4.78, 5) is 36.5. The summed E-state index contributed by atoms with van der Waals surface area (Å²) in [5, 5.41) is 5.26. The smallest absolute Gasteiger partial charge is 0.342 e. The summed E-state index contributed by atoms with van der Waals surface area (Å²) in [6, 6.07) is 9.41. The van der Waals surface area contributed by atoms with Crippen LogP contribution in [0.5, 0.6) is 17.2 Å². The zero-order valence-electron chi connectivity index (χ0n) is 17.2. The Hall–Kier alpha value is -3.75. The number of methoxy groups -OCH3 is 3. The monoisotopic (exact) mass is 416 g/mol. The van der Waals surface area contributed by atoms with E-state index in [1.165, 1.54) is 39.5 Å². The van der Waals surface area contributed by atoms with Gasteiger partial charge in [-0.15, -0.1) is 0 Å². The Morgan fingerprint density at radius 3 is 2.30 bits per heavy atom. The van der Waals surface area contributed by atoms with E-state index in [0.29, 0.717) is 23.5 Å². The van der Waals surface area contributed by atoms with Crippen molar-refractivity contribution in [3.8, 4) is 17.2 Å². The molecule has 2 amide bonds. The highest BCUT2D eigenvalue weighted by Crippen LogP contribution is 2.39. The quantitative estimate of drug-likeness (QED) is 0.603. The number of benzene rings is 2. The minimum Gasteiger partial charge on any atom is -0.493 e. The molecule has 0 heterocycles. The zero-order chi connectivity index (χ0) is 22.1. The van der Waals surface area contributed by atoms with Crippen LogP contribution in [-0.4, -0.2) is 52.3 Å². The second kappa shape index (κ2) is 10.7. The van der Waals surface area contributed by atoms with E-state index < -0.39 is 18.5 Å². The fraction of sp³-hybridized carbons (Fsp3) is 0.286. The molecule has 0 unspecified atom stereocenters. The van der Waals surface area contributed by atoms with E-state index in [0.717, 1.165) is 0 Å². The SMILES string of the molecule is CCNC(=O)c1cccc(NC(=O)COC(=O)c2ccc(OC)c(OC)c2OC)c1. The first kappa shape index (κ1) is 22.5. The van der Waals surface area contributed by atoms with E-state index in [9.17, 15) is 14.4 Å². The van der Waals surface area contributed by atoms with Crippen molar-refractivity contribution >= 4 is 23.5 Å². The summed E-state index contributed by atoms with van der Waals surface area (Å²) in [6.45, 7) is 1.78. The maximum atomic E-state index is 12.4. The molecular weight excluding hydrogens is 392 g/mol. The number of rotatable bonds is 9. The fourth-order valence-electron chi connectivity index (χ4n) is 2.67. The molecule has 2 N–H and O–H groups in total. The average Bonchev–Trinajstić information content (AvgIpc) is 2.76. The molecule has 0 aliphatic carbocycles. The second-order valence-corrected chi connectivity index (χ2v) is 5.95. The molecule has 0 atom stereocenters. The highest BCUT2D eigenvalue weighted by atomic mass is 16.5. The molecule has 0 spiro atoms. The molecule has 0 fully saturated rings. The summed E-state index contributed by atoms with van der Waals surface area (Å²) in [7, 11) is 4.25. The molecule has 2 aromatic rings. The highest BCUT2D eigenvalue weighted by Gasteiger charge is 2.22. The molecule has 2 rings (SSSR count). The minimum atomic E-state index is -0.765. The molecule has 0 aromatic heterocycles. The third kappa shape index (κ3) is 5.40. The van der Waals surface area contributed by atoms with Crippen molar-refractivity contribution in [1.29, 1.82) is 0 Å². The zero-order valence-corrected chi connectivity index (χ0v) is 17.2. The van der Waals surface area contributed by atoms with Crippen LogP contribution in [-0.2, 0) is 9.53 Å². The molecule has 0 aliphatic heterocycles. The average molecular weight is 416 g/mol. The molecule has 0 bridgehead atoms. The van der Waals surface area contributed by atoms with Crippen molar-refractivity contribution in [3.63, 3.8) is 0 Å². The Morgan fingerprint density at radius 1 is 0.933 bits per heavy atom. The maximum Gasteiger partial charge on any atom is 0.342 e. The first-order chi connectivity index (χ1) is 14.4. The van der Waals surface area contributed by atoms with Crippen LogP contribution in [0.3, 0.4) is 0 Å². The normalized spacial score (nSPS) is 10.0. The largest absolute Gasteiger partial charge is 0.493 e. The van der Waals surface area contributed by atoms with Gasteiger partial charge in [0, 0.05) is 17.8 Å². The molecule has 2 aromatic carbocycles. The van der Waals surface area contributed by atoms with Crippen molar-refractivity contribution in [3.05, 3.63) is 47.5 Å². The van der Waals surface area contributed by atoms with E-state index in [-0.39, 0.29) is 23.0 Å². The highest BCUT2D eigenvalue weighted by molar-refractivity contribution is 5.99. The third-order valence-corrected chi connectivity index (χ3v) is 4.00. The van der Waals surface area contributed by atoms with Crippen molar-refractivity contribution in [1.82, 2.24) is 5.32 Å². The lowest BCUT2D eigenvalue weighted by Crippen LogP contribution is -2.23. The summed E-state index contributed by atoms with van der Waals surface area (Å²) >= 11 is 0. The van der Waals surface area contributed by atoms with Gasteiger partial charge in [0.15, 0.2) is 18.1 Å². The first-order valence-corrected chi connectivity index (χ1v) is 9.09. The van der Waals surface area contributed by atoms with Gasteiger partial charge in [-0.05, 0) is 37.3 Å². The number of nitrogens with one attached hydrogen (secondary N) is 2. The minimum absolute atomic E-state index is 0.0844. The Kier molecular flexibility index (Phi) is 8.04. The molecule has 0 saturated heterocycles. The number of carbonyl (C=O) groups excluding carboxylic acids is 3. The molecule has 30 heavy (non-hydrogen) atoms. The van der Waals surface area contributed by atoms with Crippen LogP contribution in [0.15, 0.2) is 36.4 Å². The van der Waals surface area contributed by atoms with Crippen LogP contribution in [0.4, 0.5) is 5.69 Å². The number of esters is 1. The van der Waals surface area contributed by atoms with E-state index in [4.69, 9.17) is 18.9 Å². The van der Waals surface area contributed by atoms with Crippen LogP contribution >= 0.6 is 0 Å². The van der Waals surface area contributed by atoms with Gasteiger partial charge in [0.25, 0.3) is 11.8 Å². The van der Waals surface area contributed by atoms with E-state index in [2.05, 4.69) is 10.6 Å². The van der Waals surface area contributed by atoms with Crippen molar-refractivity contribution in [2.45, 2.75) is 6.92 Å². The van der Waals surface area contributed by atoms with E-state index in [1.54, 1.807) is 18.2 Å². The van der Waals surface area contributed by atoms with E-state index in [1.807, 2.05) is 6.92 Å². The van der Waals surface area contributed by atoms with E-state index >= 15 is 0 Å². The summed E-state index contributed by atoms with van der Waals surface area (Å²) in [6.07, 6.45) is 0. The molecular formula is C21H24N2O7. The van der Waals surface area contributed by atoms with Crippen LogP contribution in [0.25, 0.3) is 0 Å². The third-order valence-electron chi connectivity index (χ3n) is 4.00. The Labute approximate surface area is 174 Å². The van der Waals surface area contributed by atoms with Gasteiger partial charge in [0.1, 0.15) is 5.56 Å². The Bertz CT molecular complexity index is 928. The topological polar surface area (TPSA) is 112 Å². The fourth-order valence-corrected chi connectivity index (χ4v) is 2.67. The molecule has 160 valence electrons. The number of ether oxygens (including phenoxy) is 4. The molecule has 9 nitrogen and oxygen atoms in total. The van der Waals surface area contributed by atoms with Crippen LogP contribution in [0, 0.1) is 0 Å². The number of anilines is 1. The van der Waals surface area contributed by atoms with Gasteiger partial charge < -0.3 is 29.6 Å². The maximum absolute atomic E-state index is 12.4. The van der Waals surface area contributed by atoms with Gasteiger partial charge in [0.2, 0.25) is 5.75 Å². The summed E-state index contributed by atoms with van der Waals surface area (Å²) < 4.78 is 20.7. The Morgan fingerprint density at radius 2 is 1.67 bits per heavy atom. The van der Waals surface area contributed by atoms with Crippen LogP contribution in [0.2, 0.25) is 0 Å². The van der Waals surface area contributed by atoms with Gasteiger partial charge in [-0.2, -0.15) is 0 Å². The Balaban J connectivity index is 2.04. The van der Waals surface area contributed by atoms with Gasteiger partial charge in [0.05, 0.1) is 21.3 Å². The molecule has 9 heteroatoms. The standard InChI is InChI=1S/C21H24N2O7/c1-5-22-20(25)13-7-6-8-14(11-13)23-17(24)12-30-21(26)15-9-10-16(27-2)19(29-4)18(15)28-3/h6-11H,5,12H2,1-4H3,(H,22,25)(H,23,24). The lowest BCUT2D eigenvalue weighted by atomic mass is 10.1. The van der Waals surface area contributed by atoms with Crippen LogP contribution in [0.1, 0.15) is 27.6 Å². The number of hydrogen-bond donors (Lipinski definition) is 2. The van der Waals surface area contributed by atoms with Crippen molar-refractivity contribution in [2.24, 2.45) is 0 Å². The summed E-state index contributed by atoms with van der Waals surface area (Å²) in [5.41, 5.74) is 0.895. The number of hydrogen-bond acceptors (Lipinski definition) is 7. The van der Waals surface area contributed by atoms with Crippen molar-refractivity contribution < 1.29 is 33.3 Å². The van der Waals surface area contributed by atoms with Crippen molar-refractivity contribution in [2.75, 3.05) is 39.8 Å². The predicted molar refractivity (Wildman–Crippen MR) is 109 cm³/mol. The van der Waals surface area contributed by atoms with Gasteiger partial charge >= 0.3 is 5.97 Å². The number of carbonyl (C=O) groups is 3. The predicted octanol–water partition coefficient (Wildman–Crippen LogP) is 2.26. The second-order valence-electron chi connectivity index (χ2n) is 5.95. The molecule has 0 radical (unpaired) electrons. The lowest BCUT2D eigenvalue weighted by Gasteiger charge is -2.15. The first-order valence-electron chi connectivity index (χ1n) is 9.09. The molecule has 0 aliphatic rings. The lowest BCUT2D eigenvalue weighted by molar-refractivity contribution is -0.119. The number of amides is 2. The van der Waals surface area contributed by atoms with Gasteiger partial charge in [-0.3, -0.25) is 9.59 Å². The summed E-state index contributed by atoms with van der Waals surface area (Å²) in [5.74, 6) is -0.816. The molecule has 0 saturated carbocycles. The van der Waals surface area contributed by atoms with Crippen LogP contribution < -0.4 is 24.8 Å². The van der Waals surface area contributed by atoms with Gasteiger partial charge in [-0.1, -0.05) is 6.07 Å². The van der Waals surface area contributed by atoms with Gasteiger partial charge in [-0.25, -0.2) is 4.79 Å².